The molecule has 0 aromatic heterocycles. The maximum atomic E-state index is 10.5. The lowest BCUT2D eigenvalue weighted by Crippen LogP contribution is -2.27. The zero-order chi connectivity index (χ0) is 9.56. The number of hydrazine groups is 1. The lowest BCUT2D eigenvalue weighted by molar-refractivity contribution is -0.151. The molecule has 0 aliphatic rings. The first kappa shape index (κ1) is 10.9. The number of Topliss-reactive ketones (excluding diaryl/α,β-unsaturated/α-hetero) is 1. The van der Waals surface area contributed by atoms with Gasteiger partial charge in [0.1, 0.15) is 5.94 Å². The summed E-state index contributed by atoms with van der Waals surface area (Å²) in [4.78, 5) is 20.8. The van der Waals surface area contributed by atoms with Crippen LogP contribution in [0.5, 0.6) is 0 Å². The van der Waals surface area contributed by atoms with Crippen molar-refractivity contribution in [3.8, 4) is 0 Å². The molecular formula is C5H9N3O3S. The van der Waals surface area contributed by atoms with E-state index in [9.17, 15) is 9.59 Å². The second-order valence-corrected chi connectivity index (χ2v) is 2.66. The highest BCUT2D eigenvalue weighted by atomic mass is 32.2. The average molecular weight is 191 g/mol. The standard InChI is InChI=1S/C5H9N3O3S/c1-3(9)4(10)11-2-12-5(6)8-7/h2,7H2,1H3,(H2,6,8). The van der Waals surface area contributed by atoms with Crippen molar-refractivity contribution < 1.29 is 14.3 Å². The van der Waals surface area contributed by atoms with E-state index in [-0.39, 0.29) is 11.1 Å². The molecule has 0 saturated carbocycles. The van der Waals surface area contributed by atoms with E-state index in [0.29, 0.717) is 0 Å². The van der Waals surface area contributed by atoms with Gasteiger partial charge in [-0.15, -0.1) is 0 Å². The van der Waals surface area contributed by atoms with Crippen LogP contribution in [0.3, 0.4) is 0 Å². The number of carbonyl (C=O) groups is 2. The quantitative estimate of drug-likeness (QED) is 0.103. The smallest absolute Gasteiger partial charge is 0.375 e. The number of hydrogen-bond acceptors (Lipinski definition) is 6. The van der Waals surface area contributed by atoms with Gasteiger partial charge < -0.3 is 10.2 Å². The highest BCUT2D eigenvalue weighted by molar-refractivity contribution is 8.13. The van der Waals surface area contributed by atoms with Gasteiger partial charge in [0.2, 0.25) is 5.78 Å². The minimum atomic E-state index is -0.910. The van der Waals surface area contributed by atoms with E-state index in [1.54, 1.807) is 0 Å². The third-order valence-corrected chi connectivity index (χ3v) is 1.45. The van der Waals surface area contributed by atoms with Crippen LogP contribution in [-0.2, 0) is 14.3 Å². The summed E-state index contributed by atoms with van der Waals surface area (Å²) in [5.74, 6) is 3.18. The summed E-state index contributed by atoms with van der Waals surface area (Å²) >= 11 is 0.874. The summed E-state index contributed by atoms with van der Waals surface area (Å²) in [6.45, 7) is 1.11. The highest BCUT2D eigenvalue weighted by Crippen LogP contribution is 1.99. The van der Waals surface area contributed by atoms with Crippen molar-refractivity contribution >= 4 is 28.7 Å². The van der Waals surface area contributed by atoms with Gasteiger partial charge in [-0.05, 0) is 11.8 Å². The number of nitrogens with two attached hydrogens (primary N) is 1. The second kappa shape index (κ2) is 5.56. The predicted octanol–water partition coefficient (Wildman–Crippen LogP) is -0.793. The molecule has 0 heterocycles. The Morgan fingerprint density at radius 1 is 1.67 bits per heavy atom. The minimum absolute atomic E-state index is 0.0358. The molecule has 0 rings (SSSR count). The van der Waals surface area contributed by atoms with E-state index in [2.05, 4.69) is 4.74 Å². The molecule has 0 aromatic rings. The maximum absolute atomic E-state index is 10.5. The molecule has 0 radical (unpaired) electrons. The maximum Gasteiger partial charge on any atom is 0.375 e. The van der Waals surface area contributed by atoms with Crippen LogP contribution in [0.2, 0.25) is 0 Å². The molecule has 0 aliphatic carbocycles. The first-order valence-electron chi connectivity index (χ1n) is 2.93. The van der Waals surface area contributed by atoms with Gasteiger partial charge in [0.15, 0.2) is 5.17 Å². The van der Waals surface area contributed by atoms with Gasteiger partial charge in [-0.25, -0.2) is 10.6 Å². The van der Waals surface area contributed by atoms with Gasteiger partial charge in [-0.3, -0.25) is 10.2 Å². The highest BCUT2D eigenvalue weighted by Gasteiger charge is 2.08. The summed E-state index contributed by atoms with van der Waals surface area (Å²) in [7, 11) is 0. The van der Waals surface area contributed by atoms with Crippen molar-refractivity contribution in [1.82, 2.24) is 5.43 Å². The van der Waals surface area contributed by atoms with Crippen LogP contribution in [0.1, 0.15) is 6.92 Å². The van der Waals surface area contributed by atoms with E-state index in [1.165, 1.54) is 0 Å². The Labute approximate surface area is 73.3 Å². The number of hydrogen-bond donors (Lipinski definition) is 3. The van der Waals surface area contributed by atoms with Gasteiger partial charge in [0.05, 0.1) is 0 Å². The zero-order valence-electron chi connectivity index (χ0n) is 6.42. The summed E-state index contributed by atoms with van der Waals surface area (Å²) in [6, 6.07) is 0. The summed E-state index contributed by atoms with van der Waals surface area (Å²) in [6.07, 6.45) is 0. The van der Waals surface area contributed by atoms with Gasteiger partial charge in [-0.1, -0.05) is 0 Å². The normalized spacial score (nSPS) is 8.83. The van der Waals surface area contributed by atoms with Crippen LogP contribution in [0.15, 0.2) is 0 Å². The Kier molecular flexibility index (Phi) is 5.06. The molecule has 12 heavy (non-hydrogen) atoms. The van der Waals surface area contributed by atoms with Gasteiger partial charge in [0.25, 0.3) is 0 Å². The van der Waals surface area contributed by atoms with Crippen molar-refractivity contribution in [1.29, 1.82) is 5.41 Å². The lowest BCUT2D eigenvalue weighted by atomic mass is 10.5. The monoisotopic (exact) mass is 191 g/mol. The molecule has 0 saturated heterocycles. The van der Waals surface area contributed by atoms with Crippen molar-refractivity contribution in [2.24, 2.45) is 5.84 Å². The summed E-state index contributed by atoms with van der Waals surface area (Å²) in [5, 5.41) is 6.90. The third-order valence-electron chi connectivity index (χ3n) is 0.812. The van der Waals surface area contributed by atoms with Crippen LogP contribution in [0, 0.1) is 5.41 Å². The van der Waals surface area contributed by atoms with E-state index < -0.39 is 11.8 Å². The number of rotatable bonds is 3. The largest absolute Gasteiger partial charge is 0.448 e. The van der Waals surface area contributed by atoms with Crippen LogP contribution < -0.4 is 11.3 Å². The minimum Gasteiger partial charge on any atom is -0.448 e. The molecule has 4 N–H and O–H groups in total. The molecule has 0 fully saturated rings. The molecule has 6 nitrogen and oxygen atoms in total. The second-order valence-electron chi connectivity index (χ2n) is 1.72. The number of thioether (sulfide) groups is 1. The number of nitrogens with one attached hydrogen (secondary N) is 2. The Hall–Kier alpha value is -1.08. The van der Waals surface area contributed by atoms with Crippen LogP contribution in [0.25, 0.3) is 0 Å². The molecule has 0 aromatic carbocycles. The molecular weight excluding hydrogens is 182 g/mol. The van der Waals surface area contributed by atoms with Crippen LogP contribution >= 0.6 is 11.8 Å². The van der Waals surface area contributed by atoms with Crippen molar-refractivity contribution in [2.75, 3.05) is 5.94 Å². The first-order chi connectivity index (χ1) is 5.57. The molecule has 0 unspecified atom stereocenters. The molecule has 0 amide bonds. The van der Waals surface area contributed by atoms with Crippen LogP contribution in [-0.4, -0.2) is 22.9 Å². The van der Waals surface area contributed by atoms with Gasteiger partial charge >= 0.3 is 5.97 Å². The van der Waals surface area contributed by atoms with Crippen molar-refractivity contribution in [2.45, 2.75) is 6.92 Å². The average Bonchev–Trinajstić information content (AvgIpc) is 2.03. The Bertz CT molecular complexity index is 206. The number of ether oxygens (including phenoxy) is 1. The summed E-state index contributed by atoms with van der Waals surface area (Å²) < 4.78 is 4.41. The summed E-state index contributed by atoms with van der Waals surface area (Å²) in [5.41, 5.74) is 2.04. The number of ketones is 1. The number of carbonyl (C=O) groups excluding carboxylic acids is 2. The van der Waals surface area contributed by atoms with Gasteiger partial charge in [0, 0.05) is 6.92 Å². The topological polar surface area (TPSA) is 105 Å². The molecule has 7 heteroatoms. The Morgan fingerprint density at radius 3 is 2.67 bits per heavy atom. The lowest BCUT2D eigenvalue weighted by Gasteiger charge is -2.01. The van der Waals surface area contributed by atoms with Crippen molar-refractivity contribution in [3.63, 3.8) is 0 Å². The fourth-order valence-electron chi connectivity index (χ4n) is 0.285. The van der Waals surface area contributed by atoms with E-state index in [4.69, 9.17) is 11.3 Å². The van der Waals surface area contributed by atoms with E-state index in [0.717, 1.165) is 18.7 Å². The van der Waals surface area contributed by atoms with Crippen molar-refractivity contribution in [3.05, 3.63) is 0 Å². The van der Waals surface area contributed by atoms with E-state index >= 15 is 0 Å². The fraction of sp³-hybridized carbons (Fsp3) is 0.400. The van der Waals surface area contributed by atoms with Crippen LogP contribution in [0.4, 0.5) is 0 Å². The predicted molar refractivity (Wildman–Crippen MR) is 44.3 cm³/mol. The first-order valence-corrected chi connectivity index (χ1v) is 3.92. The van der Waals surface area contributed by atoms with Gasteiger partial charge in [-0.2, -0.15) is 0 Å². The Balaban J connectivity index is 3.50. The number of esters is 1. The fourth-order valence-corrected chi connectivity index (χ4v) is 0.652. The molecule has 68 valence electrons. The van der Waals surface area contributed by atoms with E-state index in [1.807, 2.05) is 5.43 Å². The SMILES string of the molecule is CC(=O)C(=O)OCSC(=N)NN. The molecule has 0 spiro atoms. The number of amidine groups is 1. The molecule has 0 aliphatic heterocycles. The molecule has 0 bridgehead atoms. The zero-order valence-corrected chi connectivity index (χ0v) is 7.23. The Morgan fingerprint density at radius 2 is 2.25 bits per heavy atom. The molecule has 0 atom stereocenters. The third kappa shape index (κ3) is 4.69.